The largest absolute Gasteiger partial charge is 0.492 e. The van der Waals surface area contributed by atoms with E-state index in [4.69, 9.17) is 4.74 Å². The lowest BCUT2D eigenvalue weighted by molar-refractivity contribution is 0.337. The second-order valence-electron chi connectivity index (χ2n) is 4.53. The Hall–Kier alpha value is -1.09. The Kier molecular flexibility index (Phi) is 3.44. The van der Waals surface area contributed by atoms with Gasteiger partial charge in [0.25, 0.3) is 0 Å². The molecule has 1 aliphatic rings. The summed E-state index contributed by atoms with van der Waals surface area (Å²) in [4.78, 5) is 4.24. The summed E-state index contributed by atoms with van der Waals surface area (Å²) in [5, 5.41) is 3.38. The van der Waals surface area contributed by atoms with Crippen LogP contribution in [-0.4, -0.2) is 18.6 Å². The Morgan fingerprint density at radius 1 is 1.56 bits per heavy atom. The van der Waals surface area contributed by atoms with Gasteiger partial charge in [-0.1, -0.05) is 6.92 Å². The van der Waals surface area contributed by atoms with Gasteiger partial charge < -0.3 is 10.1 Å². The van der Waals surface area contributed by atoms with Gasteiger partial charge in [-0.25, -0.2) is 0 Å². The molecule has 1 heterocycles. The highest BCUT2D eigenvalue weighted by Gasteiger charge is 2.39. The molecule has 16 heavy (non-hydrogen) atoms. The quantitative estimate of drug-likeness (QED) is 0.827. The van der Waals surface area contributed by atoms with Crippen molar-refractivity contribution in [2.45, 2.75) is 26.3 Å². The lowest BCUT2D eigenvalue weighted by Gasteiger charge is -2.16. The predicted molar refractivity (Wildman–Crippen MR) is 64.5 cm³/mol. The lowest BCUT2D eigenvalue weighted by atomic mass is 10.0. The molecule has 1 aromatic heterocycles. The molecule has 3 nitrogen and oxygen atoms in total. The van der Waals surface area contributed by atoms with Gasteiger partial charge in [0.05, 0.1) is 12.8 Å². The van der Waals surface area contributed by atoms with Crippen LogP contribution in [0.3, 0.4) is 0 Å². The number of hydrogen-bond donors (Lipinski definition) is 1. The van der Waals surface area contributed by atoms with Crippen LogP contribution in [0.15, 0.2) is 18.5 Å². The molecule has 0 bridgehead atoms. The van der Waals surface area contributed by atoms with Gasteiger partial charge in [-0.2, -0.15) is 0 Å². The number of nitrogens with zero attached hydrogens (tertiary/aromatic N) is 1. The average molecular weight is 220 g/mol. The summed E-state index contributed by atoms with van der Waals surface area (Å²) in [6.07, 6.45) is 5.02. The van der Waals surface area contributed by atoms with Gasteiger partial charge in [0.15, 0.2) is 0 Å². The van der Waals surface area contributed by atoms with E-state index in [0.717, 1.165) is 17.6 Å². The van der Waals surface area contributed by atoms with E-state index in [9.17, 15) is 0 Å². The second kappa shape index (κ2) is 4.83. The molecule has 3 atom stereocenters. The molecular formula is C13H20N2O. The summed E-state index contributed by atoms with van der Waals surface area (Å²) in [6.45, 7) is 4.98. The predicted octanol–water partition coefficient (Wildman–Crippen LogP) is 2.40. The maximum absolute atomic E-state index is 5.48. The molecule has 0 spiro atoms. The first-order valence-electron chi connectivity index (χ1n) is 6.01. The fourth-order valence-corrected chi connectivity index (χ4v) is 2.29. The van der Waals surface area contributed by atoms with E-state index in [2.05, 4.69) is 23.3 Å². The summed E-state index contributed by atoms with van der Waals surface area (Å²) in [5.41, 5.74) is 1.24. The van der Waals surface area contributed by atoms with Crippen LogP contribution in [0.1, 0.15) is 31.9 Å². The van der Waals surface area contributed by atoms with Crippen LogP contribution in [-0.2, 0) is 0 Å². The molecule has 0 radical (unpaired) electrons. The van der Waals surface area contributed by atoms with Crippen LogP contribution in [0.25, 0.3) is 0 Å². The number of aromatic nitrogens is 1. The van der Waals surface area contributed by atoms with Crippen molar-refractivity contribution in [2.24, 2.45) is 11.8 Å². The van der Waals surface area contributed by atoms with Crippen molar-refractivity contribution in [1.29, 1.82) is 0 Å². The van der Waals surface area contributed by atoms with E-state index in [-0.39, 0.29) is 0 Å². The van der Waals surface area contributed by atoms with E-state index in [1.54, 1.807) is 6.20 Å². The molecular weight excluding hydrogens is 200 g/mol. The maximum atomic E-state index is 5.48. The molecule has 88 valence electrons. The zero-order chi connectivity index (χ0) is 11.5. The summed E-state index contributed by atoms with van der Waals surface area (Å²) in [7, 11) is 2.02. The summed E-state index contributed by atoms with van der Waals surface area (Å²) < 4.78 is 5.48. The van der Waals surface area contributed by atoms with Crippen molar-refractivity contribution in [3.63, 3.8) is 0 Å². The van der Waals surface area contributed by atoms with E-state index < -0.39 is 0 Å². The molecule has 1 aliphatic carbocycles. The third kappa shape index (κ3) is 2.35. The molecule has 1 fully saturated rings. The average Bonchev–Trinajstić information content (AvgIpc) is 2.98. The fraction of sp³-hybridized carbons (Fsp3) is 0.615. The second-order valence-corrected chi connectivity index (χ2v) is 4.53. The molecule has 0 aromatic carbocycles. The van der Waals surface area contributed by atoms with E-state index in [0.29, 0.717) is 12.6 Å². The molecule has 1 aromatic rings. The number of pyridine rings is 1. The van der Waals surface area contributed by atoms with Crippen LogP contribution < -0.4 is 10.1 Å². The third-order valence-electron chi connectivity index (χ3n) is 3.32. The fourth-order valence-electron chi connectivity index (χ4n) is 2.29. The minimum Gasteiger partial charge on any atom is -0.492 e. The SMILES string of the molecule is CCOc1cncc(C(NC)C2CC2C)c1. The highest BCUT2D eigenvalue weighted by molar-refractivity contribution is 5.27. The minimum absolute atomic E-state index is 0.419. The van der Waals surface area contributed by atoms with Crippen LogP contribution in [0.4, 0.5) is 0 Å². The third-order valence-corrected chi connectivity index (χ3v) is 3.32. The Morgan fingerprint density at radius 3 is 2.88 bits per heavy atom. The topological polar surface area (TPSA) is 34.1 Å². The van der Waals surface area contributed by atoms with Gasteiger partial charge >= 0.3 is 0 Å². The number of hydrogen-bond acceptors (Lipinski definition) is 3. The van der Waals surface area contributed by atoms with Crippen LogP contribution in [0, 0.1) is 11.8 Å². The lowest BCUT2D eigenvalue weighted by Crippen LogP contribution is -2.19. The summed E-state index contributed by atoms with van der Waals surface area (Å²) in [6, 6.07) is 2.52. The van der Waals surface area contributed by atoms with E-state index in [1.807, 2.05) is 20.2 Å². The number of rotatable bonds is 5. The van der Waals surface area contributed by atoms with Crippen molar-refractivity contribution in [2.75, 3.05) is 13.7 Å². The normalized spacial score (nSPS) is 25.2. The van der Waals surface area contributed by atoms with Crippen LogP contribution in [0.2, 0.25) is 0 Å². The summed E-state index contributed by atoms with van der Waals surface area (Å²) in [5.74, 6) is 2.45. The van der Waals surface area contributed by atoms with Crippen molar-refractivity contribution in [1.82, 2.24) is 10.3 Å². The van der Waals surface area contributed by atoms with Gasteiger partial charge in [0, 0.05) is 12.2 Å². The smallest absolute Gasteiger partial charge is 0.137 e. The molecule has 3 unspecified atom stereocenters. The number of nitrogens with one attached hydrogen (secondary N) is 1. The Labute approximate surface area is 97.2 Å². The molecule has 3 heteroatoms. The molecule has 1 saturated carbocycles. The number of ether oxygens (including phenoxy) is 1. The molecule has 0 aliphatic heterocycles. The zero-order valence-corrected chi connectivity index (χ0v) is 10.2. The van der Waals surface area contributed by atoms with Gasteiger partial charge in [0.2, 0.25) is 0 Å². The monoisotopic (exact) mass is 220 g/mol. The minimum atomic E-state index is 0.419. The van der Waals surface area contributed by atoms with Crippen molar-refractivity contribution < 1.29 is 4.74 Å². The van der Waals surface area contributed by atoms with Gasteiger partial charge in [-0.15, -0.1) is 0 Å². The van der Waals surface area contributed by atoms with Crippen molar-refractivity contribution in [3.8, 4) is 5.75 Å². The van der Waals surface area contributed by atoms with Crippen molar-refractivity contribution >= 4 is 0 Å². The van der Waals surface area contributed by atoms with Crippen LogP contribution in [0.5, 0.6) is 5.75 Å². The zero-order valence-electron chi connectivity index (χ0n) is 10.2. The Morgan fingerprint density at radius 2 is 2.31 bits per heavy atom. The molecule has 0 saturated heterocycles. The standard InChI is InChI=1S/C13H20N2O/c1-4-16-11-6-10(7-15-8-11)13(14-3)12-5-9(12)2/h6-9,12-14H,4-5H2,1-3H3. The van der Waals surface area contributed by atoms with E-state index >= 15 is 0 Å². The highest BCUT2D eigenvalue weighted by Crippen LogP contribution is 2.46. The first-order chi connectivity index (χ1) is 7.76. The molecule has 1 N–H and O–H groups in total. The van der Waals surface area contributed by atoms with Gasteiger partial charge in [0.1, 0.15) is 5.75 Å². The van der Waals surface area contributed by atoms with Crippen LogP contribution >= 0.6 is 0 Å². The Bertz CT molecular complexity index is 354. The maximum Gasteiger partial charge on any atom is 0.137 e. The van der Waals surface area contributed by atoms with Gasteiger partial charge in [-0.3, -0.25) is 4.98 Å². The molecule has 0 amide bonds. The van der Waals surface area contributed by atoms with E-state index in [1.165, 1.54) is 12.0 Å². The van der Waals surface area contributed by atoms with Crippen molar-refractivity contribution in [3.05, 3.63) is 24.0 Å². The van der Waals surface area contributed by atoms with Gasteiger partial charge in [-0.05, 0) is 43.9 Å². The molecule has 2 rings (SSSR count). The first-order valence-corrected chi connectivity index (χ1v) is 6.01. The summed E-state index contributed by atoms with van der Waals surface area (Å²) >= 11 is 0. The highest BCUT2D eigenvalue weighted by atomic mass is 16.5. The Balaban J connectivity index is 2.14. The first kappa shape index (κ1) is 11.4.